The maximum absolute atomic E-state index is 11.9. The van der Waals surface area contributed by atoms with Gasteiger partial charge in [0, 0.05) is 24.1 Å². The summed E-state index contributed by atoms with van der Waals surface area (Å²) in [7, 11) is 0. The number of pyridine rings is 1. The summed E-state index contributed by atoms with van der Waals surface area (Å²) in [6.07, 6.45) is 1.64. The minimum absolute atomic E-state index is 0.274. The number of rotatable bonds is 4. The van der Waals surface area contributed by atoms with Crippen LogP contribution < -0.4 is 10.6 Å². The molecule has 19 heavy (non-hydrogen) atoms. The van der Waals surface area contributed by atoms with Crippen LogP contribution in [0.3, 0.4) is 0 Å². The highest BCUT2D eigenvalue weighted by Gasteiger charge is 2.08. The van der Waals surface area contributed by atoms with E-state index in [2.05, 4.69) is 25.8 Å². The zero-order valence-electron chi connectivity index (χ0n) is 10.8. The summed E-state index contributed by atoms with van der Waals surface area (Å²) >= 11 is 0. The fourth-order valence-corrected chi connectivity index (χ4v) is 1.55. The van der Waals surface area contributed by atoms with Gasteiger partial charge in [0.15, 0.2) is 5.69 Å². The van der Waals surface area contributed by atoms with Crippen LogP contribution in [-0.4, -0.2) is 27.6 Å². The van der Waals surface area contributed by atoms with Crippen LogP contribution in [0.1, 0.15) is 23.1 Å². The third-order valence-corrected chi connectivity index (χ3v) is 2.41. The third-order valence-electron chi connectivity index (χ3n) is 2.41. The molecular weight excluding hydrogens is 242 g/mol. The van der Waals surface area contributed by atoms with Gasteiger partial charge in [-0.25, -0.2) is 0 Å². The SMILES string of the molecule is CCNc1ccc(C(=O)Nc2ccnc(C)c2)nn1. The summed E-state index contributed by atoms with van der Waals surface area (Å²) in [5.74, 6) is 0.361. The highest BCUT2D eigenvalue weighted by molar-refractivity contribution is 6.02. The molecule has 0 aromatic carbocycles. The molecule has 0 radical (unpaired) electrons. The molecule has 0 fully saturated rings. The van der Waals surface area contributed by atoms with Crippen LogP contribution in [0.4, 0.5) is 11.5 Å². The average molecular weight is 257 g/mol. The van der Waals surface area contributed by atoms with Crippen molar-refractivity contribution in [1.82, 2.24) is 15.2 Å². The number of nitrogens with zero attached hydrogens (tertiary/aromatic N) is 3. The normalized spacial score (nSPS) is 10.0. The molecule has 0 saturated heterocycles. The summed E-state index contributed by atoms with van der Waals surface area (Å²) in [6.45, 7) is 4.59. The van der Waals surface area contributed by atoms with Crippen molar-refractivity contribution >= 4 is 17.4 Å². The molecule has 0 unspecified atom stereocenters. The maximum atomic E-state index is 11.9. The first-order valence-electron chi connectivity index (χ1n) is 6.00. The number of anilines is 2. The second-order valence-electron chi connectivity index (χ2n) is 3.97. The lowest BCUT2D eigenvalue weighted by molar-refractivity contribution is 0.102. The molecule has 0 spiro atoms. The number of hydrogen-bond acceptors (Lipinski definition) is 5. The Morgan fingerprint density at radius 1 is 1.26 bits per heavy atom. The van der Waals surface area contributed by atoms with Gasteiger partial charge in [-0.05, 0) is 38.1 Å². The van der Waals surface area contributed by atoms with Gasteiger partial charge in [0.1, 0.15) is 5.82 Å². The second-order valence-corrected chi connectivity index (χ2v) is 3.97. The quantitative estimate of drug-likeness (QED) is 0.874. The summed E-state index contributed by atoms with van der Waals surface area (Å²) in [5, 5.41) is 13.6. The van der Waals surface area contributed by atoms with Crippen LogP contribution in [0.5, 0.6) is 0 Å². The smallest absolute Gasteiger partial charge is 0.276 e. The maximum Gasteiger partial charge on any atom is 0.276 e. The van der Waals surface area contributed by atoms with E-state index >= 15 is 0 Å². The summed E-state index contributed by atoms with van der Waals surface area (Å²) in [6, 6.07) is 6.88. The lowest BCUT2D eigenvalue weighted by Gasteiger charge is -2.05. The second kappa shape index (κ2) is 5.90. The minimum atomic E-state index is -0.291. The molecular formula is C13H15N5O. The molecule has 0 aliphatic heterocycles. The summed E-state index contributed by atoms with van der Waals surface area (Å²) in [4.78, 5) is 16.0. The van der Waals surface area contributed by atoms with Gasteiger partial charge < -0.3 is 10.6 Å². The summed E-state index contributed by atoms with van der Waals surface area (Å²) < 4.78 is 0. The molecule has 0 bridgehead atoms. The van der Waals surface area contributed by atoms with Gasteiger partial charge in [0.05, 0.1) is 0 Å². The Balaban J connectivity index is 2.07. The number of amides is 1. The van der Waals surface area contributed by atoms with Gasteiger partial charge >= 0.3 is 0 Å². The lowest BCUT2D eigenvalue weighted by atomic mass is 10.3. The van der Waals surface area contributed by atoms with Crippen molar-refractivity contribution in [2.75, 3.05) is 17.2 Å². The monoisotopic (exact) mass is 257 g/mol. The molecule has 6 heteroatoms. The standard InChI is InChI=1S/C13H15N5O/c1-3-14-12-5-4-11(17-18-12)13(19)16-10-6-7-15-9(2)8-10/h4-8H,3H2,1-2H3,(H,14,18)(H,15,16,19). The fraction of sp³-hybridized carbons (Fsp3) is 0.231. The van der Waals surface area contributed by atoms with Gasteiger partial charge in [-0.1, -0.05) is 0 Å². The van der Waals surface area contributed by atoms with E-state index in [4.69, 9.17) is 0 Å². The van der Waals surface area contributed by atoms with Gasteiger partial charge in [-0.3, -0.25) is 9.78 Å². The first-order valence-corrected chi connectivity index (χ1v) is 6.00. The molecule has 0 aliphatic carbocycles. The third kappa shape index (κ3) is 3.48. The van der Waals surface area contributed by atoms with Crippen LogP contribution in [0, 0.1) is 6.92 Å². The zero-order valence-corrected chi connectivity index (χ0v) is 10.8. The number of carbonyl (C=O) groups is 1. The van der Waals surface area contributed by atoms with E-state index in [-0.39, 0.29) is 11.6 Å². The average Bonchev–Trinajstić information content (AvgIpc) is 2.40. The molecule has 6 nitrogen and oxygen atoms in total. The van der Waals surface area contributed by atoms with Crippen molar-refractivity contribution in [2.45, 2.75) is 13.8 Å². The van der Waals surface area contributed by atoms with Crippen molar-refractivity contribution in [3.63, 3.8) is 0 Å². The highest BCUT2D eigenvalue weighted by atomic mass is 16.1. The molecule has 2 N–H and O–H groups in total. The zero-order chi connectivity index (χ0) is 13.7. The minimum Gasteiger partial charge on any atom is -0.369 e. The Labute approximate surface area is 111 Å². The van der Waals surface area contributed by atoms with Gasteiger partial charge in [0.25, 0.3) is 5.91 Å². The van der Waals surface area contributed by atoms with E-state index in [1.54, 1.807) is 30.5 Å². The van der Waals surface area contributed by atoms with Gasteiger partial charge in [0.2, 0.25) is 0 Å². The van der Waals surface area contributed by atoms with Crippen molar-refractivity contribution in [3.8, 4) is 0 Å². The van der Waals surface area contributed by atoms with Gasteiger partial charge in [-0.2, -0.15) is 0 Å². The molecule has 2 aromatic rings. The van der Waals surface area contributed by atoms with E-state index in [1.165, 1.54) is 0 Å². The topological polar surface area (TPSA) is 79.8 Å². The number of carbonyl (C=O) groups excluding carboxylic acids is 1. The Bertz CT molecular complexity index is 568. The summed E-state index contributed by atoms with van der Waals surface area (Å²) in [5.41, 5.74) is 1.80. The van der Waals surface area contributed by atoms with E-state index < -0.39 is 0 Å². The molecule has 2 heterocycles. The Morgan fingerprint density at radius 3 is 2.74 bits per heavy atom. The molecule has 98 valence electrons. The predicted octanol–water partition coefficient (Wildman–Crippen LogP) is 1.86. The van der Waals surface area contributed by atoms with E-state index in [0.717, 1.165) is 12.2 Å². The molecule has 2 aromatic heterocycles. The van der Waals surface area contributed by atoms with Crippen LogP contribution in [0.2, 0.25) is 0 Å². The van der Waals surface area contributed by atoms with E-state index in [0.29, 0.717) is 11.5 Å². The number of aromatic nitrogens is 3. The molecule has 0 aliphatic rings. The van der Waals surface area contributed by atoms with Crippen molar-refractivity contribution < 1.29 is 4.79 Å². The highest BCUT2D eigenvalue weighted by Crippen LogP contribution is 2.09. The largest absolute Gasteiger partial charge is 0.369 e. The molecule has 0 atom stereocenters. The van der Waals surface area contributed by atoms with Gasteiger partial charge in [-0.15, -0.1) is 10.2 Å². The van der Waals surface area contributed by atoms with Crippen LogP contribution in [0.15, 0.2) is 30.5 Å². The Kier molecular flexibility index (Phi) is 4.02. The van der Waals surface area contributed by atoms with Crippen LogP contribution >= 0.6 is 0 Å². The fourth-order valence-electron chi connectivity index (χ4n) is 1.55. The van der Waals surface area contributed by atoms with Crippen molar-refractivity contribution in [2.24, 2.45) is 0 Å². The van der Waals surface area contributed by atoms with E-state index in [9.17, 15) is 4.79 Å². The van der Waals surface area contributed by atoms with E-state index in [1.807, 2.05) is 13.8 Å². The number of hydrogen-bond donors (Lipinski definition) is 2. The Hall–Kier alpha value is -2.50. The number of nitrogens with one attached hydrogen (secondary N) is 2. The van der Waals surface area contributed by atoms with Crippen LogP contribution in [0.25, 0.3) is 0 Å². The predicted molar refractivity (Wildman–Crippen MR) is 73.1 cm³/mol. The number of aryl methyl sites for hydroxylation is 1. The Morgan fingerprint density at radius 2 is 2.11 bits per heavy atom. The van der Waals surface area contributed by atoms with Crippen molar-refractivity contribution in [1.29, 1.82) is 0 Å². The molecule has 1 amide bonds. The first kappa shape index (κ1) is 12.9. The molecule has 0 saturated carbocycles. The van der Waals surface area contributed by atoms with Crippen LogP contribution in [-0.2, 0) is 0 Å². The van der Waals surface area contributed by atoms with Crippen molar-refractivity contribution in [3.05, 3.63) is 41.9 Å². The molecule has 2 rings (SSSR count). The lowest BCUT2D eigenvalue weighted by Crippen LogP contribution is -2.15. The first-order chi connectivity index (χ1) is 9.19.